The highest BCUT2D eigenvalue weighted by molar-refractivity contribution is 6.34. The van der Waals surface area contributed by atoms with Crippen LogP contribution >= 0.6 is 11.6 Å². The highest BCUT2D eigenvalue weighted by Crippen LogP contribution is 2.17. The molecule has 0 spiro atoms. The molecule has 2 rings (SSSR count). The Morgan fingerprint density at radius 1 is 1.43 bits per heavy atom. The first-order chi connectivity index (χ1) is 6.68. The van der Waals surface area contributed by atoms with E-state index in [0.717, 1.165) is 5.69 Å². The van der Waals surface area contributed by atoms with Crippen molar-refractivity contribution in [1.29, 1.82) is 0 Å². The van der Waals surface area contributed by atoms with Gasteiger partial charge in [0.25, 0.3) is 0 Å². The SMILES string of the molecule is CC.[B]c1cnc2c(Cl)c(C)nn2c1. The van der Waals surface area contributed by atoms with Gasteiger partial charge in [0.05, 0.1) is 5.69 Å². The van der Waals surface area contributed by atoms with Gasteiger partial charge in [-0.3, -0.25) is 0 Å². The van der Waals surface area contributed by atoms with Crippen LogP contribution in [0.5, 0.6) is 0 Å². The Kier molecular flexibility index (Phi) is 3.52. The molecule has 0 aliphatic carbocycles. The van der Waals surface area contributed by atoms with Crippen molar-refractivity contribution < 1.29 is 0 Å². The second-order valence-corrected chi connectivity index (χ2v) is 2.93. The fraction of sp³-hybridized carbons (Fsp3) is 0.333. The van der Waals surface area contributed by atoms with Crippen molar-refractivity contribution in [2.75, 3.05) is 0 Å². The minimum absolute atomic E-state index is 0.571. The Bertz CT molecular complexity index is 439. The summed E-state index contributed by atoms with van der Waals surface area (Å²) in [5.74, 6) is 0. The van der Waals surface area contributed by atoms with E-state index < -0.39 is 0 Å². The number of hydrogen-bond acceptors (Lipinski definition) is 2. The van der Waals surface area contributed by atoms with Crippen LogP contribution in [0.2, 0.25) is 5.02 Å². The smallest absolute Gasteiger partial charge is 0.173 e. The molecule has 2 aromatic rings. The lowest BCUT2D eigenvalue weighted by molar-refractivity contribution is 0.923. The quantitative estimate of drug-likeness (QED) is 0.613. The van der Waals surface area contributed by atoms with Gasteiger partial charge < -0.3 is 0 Å². The molecule has 2 aromatic heterocycles. The molecule has 0 saturated carbocycles. The van der Waals surface area contributed by atoms with Crippen molar-refractivity contribution >= 4 is 30.6 Å². The monoisotopic (exact) mass is 207 g/mol. The van der Waals surface area contributed by atoms with E-state index in [9.17, 15) is 0 Å². The second-order valence-electron chi connectivity index (χ2n) is 2.55. The molecule has 0 saturated heterocycles. The van der Waals surface area contributed by atoms with Crippen LogP contribution < -0.4 is 5.46 Å². The maximum atomic E-state index is 5.91. The number of halogens is 1. The third-order valence-corrected chi connectivity index (χ3v) is 2.04. The molecule has 2 radical (unpaired) electrons. The number of rotatable bonds is 0. The normalized spacial score (nSPS) is 9.71. The fourth-order valence-electron chi connectivity index (χ4n) is 1.03. The molecule has 0 aromatic carbocycles. The van der Waals surface area contributed by atoms with Crippen LogP contribution in [0.25, 0.3) is 5.65 Å². The van der Waals surface area contributed by atoms with Crippen LogP contribution in [0.4, 0.5) is 0 Å². The molecule has 0 aliphatic heterocycles. The molecule has 0 bridgehead atoms. The Hall–Kier alpha value is -1.03. The van der Waals surface area contributed by atoms with Crippen molar-refractivity contribution in [2.45, 2.75) is 20.8 Å². The van der Waals surface area contributed by atoms with Gasteiger partial charge in [0.1, 0.15) is 12.9 Å². The first kappa shape index (κ1) is 11.1. The van der Waals surface area contributed by atoms with Crippen molar-refractivity contribution in [3.8, 4) is 0 Å². The van der Waals surface area contributed by atoms with Crippen molar-refractivity contribution in [3.63, 3.8) is 0 Å². The fourth-order valence-corrected chi connectivity index (χ4v) is 1.20. The van der Waals surface area contributed by atoms with Crippen LogP contribution in [0.3, 0.4) is 0 Å². The molecular formula is C9H11BClN3. The summed E-state index contributed by atoms with van der Waals surface area (Å²) in [6, 6.07) is 0. The largest absolute Gasteiger partial charge is 0.236 e. The van der Waals surface area contributed by atoms with E-state index >= 15 is 0 Å². The van der Waals surface area contributed by atoms with Crippen molar-refractivity contribution in [2.24, 2.45) is 0 Å². The van der Waals surface area contributed by atoms with Crippen LogP contribution in [0.15, 0.2) is 12.4 Å². The van der Waals surface area contributed by atoms with Crippen LogP contribution in [0, 0.1) is 6.92 Å². The molecule has 5 heteroatoms. The molecular weight excluding hydrogens is 196 g/mol. The maximum absolute atomic E-state index is 5.91. The average Bonchev–Trinajstić information content (AvgIpc) is 2.45. The summed E-state index contributed by atoms with van der Waals surface area (Å²) in [5, 5.41) is 4.69. The van der Waals surface area contributed by atoms with E-state index in [4.69, 9.17) is 19.4 Å². The topological polar surface area (TPSA) is 30.2 Å². The van der Waals surface area contributed by atoms with E-state index in [1.54, 1.807) is 16.9 Å². The van der Waals surface area contributed by atoms with Crippen LogP contribution in [-0.2, 0) is 0 Å². The average molecular weight is 207 g/mol. The highest BCUT2D eigenvalue weighted by Gasteiger charge is 2.06. The van der Waals surface area contributed by atoms with E-state index in [2.05, 4.69) is 10.1 Å². The summed E-state index contributed by atoms with van der Waals surface area (Å²) in [6.07, 6.45) is 3.24. The van der Waals surface area contributed by atoms with Gasteiger partial charge in [-0.15, -0.1) is 0 Å². The lowest BCUT2D eigenvalue weighted by Gasteiger charge is -1.93. The van der Waals surface area contributed by atoms with Crippen LogP contribution in [0.1, 0.15) is 19.5 Å². The summed E-state index contributed by atoms with van der Waals surface area (Å²) in [5.41, 5.74) is 1.97. The maximum Gasteiger partial charge on any atom is 0.173 e. The van der Waals surface area contributed by atoms with Gasteiger partial charge in [0.2, 0.25) is 0 Å². The second kappa shape index (κ2) is 4.46. The summed E-state index contributed by atoms with van der Waals surface area (Å²) in [6.45, 7) is 5.83. The minimum Gasteiger partial charge on any atom is -0.236 e. The number of fused-ring (bicyclic) bond motifs is 1. The number of aromatic nitrogens is 3. The molecule has 2 heterocycles. The van der Waals surface area contributed by atoms with Crippen LogP contribution in [-0.4, -0.2) is 22.4 Å². The zero-order chi connectivity index (χ0) is 10.7. The third-order valence-electron chi connectivity index (χ3n) is 1.60. The molecule has 0 N–H and O–H groups in total. The molecule has 0 amide bonds. The number of aryl methyl sites for hydroxylation is 1. The van der Waals surface area contributed by atoms with E-state index in [1.807, 2.05) is 20.8 Å². The Labute approximate surface area is 89.5 Å². The molecule has 0 aliphatic rings. The summed E-state index contributed by atoms with van der Waals surface area (Å²) in [4.78, 5) is 4.04. The lowest BCUT2D eigenvalue weighted by Crippen LogP contribution is -2.06. The lowest BCUT2D eigenvalue weighted by atomic mass is 10.0. The van der Waals surface area contributed by atoms with E-state index in [1.165, 1.54) is 0 Å². The number of nitrogens with zero attached hydrogens (tertiary/aromatic N) is 3. The Morgan fingerprint density at radius 2 is 2.07 bits per heavy atom. The first-order valence-corrected chi connectivity index (χ1v) is 4.82. The van der Waals surface area contributed by atoms with Gasteiger partial charge in [-0.05, 0) is 6.92 Å². The van der Waals surface area contributed by atoms with E-state index in [-0.39, 0.29) is 0 Å². The summed E-state index contributed by atoms with van der Waals surface area (Å²) in [7, 11) is 5.52. The zero-order valence-corrected chi connectivity index (χ0v) is 9.21. The predicted octanol–water partition coefficient (Wildman–Crippen LogP) is 1.51. The molecule has 0 unspecified atom stereocenters. The molecule has 0 atom stereocenters. The van der Waals surface area contributed by atoms with Gasteiger partial charge in [0, 0.05) is 12.4 Å². The van der Waals surface area contributed by atoms with Gasteiger partial charge in [-0.1, -0.05) is 30.9 Å². The molecule has 14 heavy (non-hydrogen) atoms. The summed E-state index contributed by atoms with van der Waals surface area (Å²) >= 11 is 5.91. The molecule has 72 valence electrons. The van der Waals surface area contributed by atoms with Gasteiger partial charge in [0.15, 0.2) is 5.65 Å². The van der Waals surface area contributed by atoms with Gasteiger partial charge >= 0.3 is 0 Å². The van der Waals surface area contributed by atoms with E-state index in [0.29, 0.717) is 16.1 Å². The van der Waals surface area contributed by atoms with Gasteiger partial charge in [-0.2, -0.15) is 5.10 Å². The third kappa shape index (κ3) is 1.90. The molecule has 0 fully saturated rings. The first-order valence-electron chi connectivity index (χ1n) is 4.44. The zero-order valence-electron chi connectivity index (χ0n) is 8.45. The predicted molar refractivity (Wildman–Crippen MR) is 59.5 cm³/mol. The number of hydrogen-bond donors (Lipinski definition) is 0. The standard InChI is InChI=1S/C7H5BClN3.C2H6/c1-4-6(9)7-10-2-5(8)3-12(7)11-4;1-2/h2-3H,1H3;1-2H3. The molecule has 3 nitrogen and oxygen atoms in total. The van der Waals surface area contributed by atoms with Gasteiger partial charge in [-0.25, -0.2) is 9.50 Å². The van der Waals surface area contributed by atoms with Crippen molar-refractivity contribution in [1.82, 2.24) is 14.6 Å². The minimum atomic E-state index is 0.571. The summed E-state index contributed by atoms with van der Waals surface area (Å²) < 4.78 is 1.58. The Balaban J connectivity index is 0.000000461. The van der Waals surface area contributed by atoms with Crippen molar-refractivity contribution in [3.05, 3.63) is 23.1 Å². The Morgan fingerprint density at radius 3 is 2.71 bits per heavy atom. The highest BCUT2D eigenvalue weighted by atomic mass is 35.5.